The third-order valence-electron chi connectivity index (χ3n) is 4.35. The van der Waals surface area contributed by atoms with Crippen molar-refractivity contribution in [3.63, 3.8) is 0 Å². The summed E-state index contributed by atoms with van der Waals surface area (Å²) in [4.78, 5) is 0. The normalized spacial score (nSPS) is 13.1. The highest BCUT2D eigenvalue weighted by Gasteiger charge is 2.35. The van der Waals surface area contributed by atoms with Crippen LogP contribution in [0.1, 0.15) is 43.4 Å². The summed E-state index contributed by atoms with van der Waals surface area (Å²) >= 11 is 0. The van der Waals surface area contributed by atoms with Crippen LogP contribution in [0.25, 0.3) is 0 Å². The van der Waals surface area contributed by atoms with Gasteiger partial charge in [-0.3, -0.25) is 9.88 Å². The molecule has 1 unspecified atom stereocenters. The first-order valence-corrected chi connectivity index (χ1v) is 10.3. The molecule has 0 saturated heterocycles. The van der Waals surface area contributed by atoms with E-state index in [2.05, 4.69) is 36.5 Å². The zero-order valence-electron chi connectivity index (χ0n) is 15.2. The Labute approximate surface area is 151 Å². The van der Waals surface area contributed by atoms with E-state index in [0.29, 0.717) is 0 Å². The summed E-state index contributed by atoms with van der Waals surface area (Å²) in [7, 11) is -0.328. The van der Waals surface area contributed by atoms with Crippen LogP contribution in [0.15, 0.2) is 60.7 Å². The third kappa shape index (κ3) is 5.26. The standard InChI is InChI=1S/C20H28NO3P/c1-4-5-16-19(25(22,23-2)24-3)21-20(17-12-8-6-9-13-17)18-14-10-7-11-15-18/h6-15,19-21H,4-5,16H2,1-3H3. The molecule has 136 valence electrons. The van der Waals surface area contributed by atoms with Crippen LogP contribution in [-0.4, -0.2) is 20.0 Å². The molecule has 0 bridgehead atoms. The maximum Gasteiger partial charge on any atom is 0.346 e. The number of hydrogen-bond donors (Lipinski definition) is 1. The fraction of sp³-hybridized carbons (Fsp3) is 0.400. The van der Waals surface area contributed by atoms with E-state index in [-0.39, 0.29) is 11.8 Å². The van der Waals surface area contributed by atoms with Crippen molar-refractivity contribution in [2.24, 2.45) is 0 Å². The molecule has 0 fully saturated rings. The zero-order chi connectivity index (χ0) is 18.1. The quantitative estimate of drug-likeness (QED) is 0.578. The number of rotatable bonds is 10. The summed E-state index contributed by atoms with van der Waals surface area (Å²) in [6, 6.07) is 20.3. The number of unbranched alkanes of at least 4 members (excludes halogenated alkanes) is 1. The highest BCUT2D eigenvalue weighted by Crippen LogP contribution is 2.53. The van der Waals surface area contributed by atoms with Gasteiger partial charge in [0, 0.05) is 14.2 Å². The van der Waals surface area contributed by atoms with Gasteiger partial charge in [-0.15, -0.1) is 0 Å². The number of nitrogens with one attached hydrogen (secondary N) is 1. The van der Waals surface area contributed by atoms with Crippen molar-refractivity contribution < 1.29 is 13.6 Å². The minimum atomic E-state index is -3.23. The van der Waals surface area contributed by atoms with E-state index in [0.717, 1.165) is 30.4 Å². The van der Waals surface area contributed by atoms with Crippen LogP contribution in [0.5, 0.6) is 0 Å². The first-order chi connectivity index (χ1) is 12.1. The Bertz CT molecular complexity index is 616. The van der Waals surface area contributed by atoms with Gasteiger partial charge in [0.25, 0.3) is 0 Å². The van der Waals surface area contributed by atoms with Crippen LogP contribution in [-0.2, 0) is 13.6 Å². The van der Waals surface area contributed by atoms with Gasteiger partial charge >= 0.3 is 7.60 Å². The van der Waals surface area contributed by atoms with Crippen LogP contribution in [0, 0.1) is 0 Å². The fourth-order valence-electron chi connectivity index (χ4n) is 2.93. The molecule has 0 aliphatic rings. The van der Waals surface area contributed by atoms with Gasteiger partial charge in [0.1, 0.15) is 5.78 Å². The summed E-state index contributed by atoms with van der Waals surface area (Å²) in [6.45, 7) is 2.12. The van der Waals surface area contributed by atoms with Gasteiger partial charge in [0.15, 0.2) is 0 Å². The second-order valence-corrected chi connectivity index (χ2v) is 8.42. The molecule has 0 radical (unpaired) electrons. The first-order valence-electron chi connectivity index (χ1n) is 8.71. The molecule has 0 aliphatic carbocycles. The Morgan fingerprint density at radius 2 is 1.40 bits per heavy atom. The van der Waals surface area contributed by atoms with Crippen molar-refractivity contribution in [3.05, 3.63) is 71.8 Å². The largest absolute Gasteiger partial charge is 0.346 e. The molecule has 5 heteroatoms. The predicted molar refractivity (Wildman–Crippen MR) is 103 cm³/mol. The minimum absolute atomic E-state index is 0.0807. The number of hydrogen-bond acceptors (Lipinski definition) is 4. The highest BCUT2D eigenvalue weighted by atomic mass is 31.2. The summed E-state index contributed by atoms with van der Waals surface area (Å²) in [6.07, 6.45) is 2.70. The predicted octanol–water partition coefficient (Wildman–Crippen LogP) is 5.37. The lowest BCUT2D eigenvalue weighted by Gasteiger charge is -2.30. The van der Waals surface area contributed by atoms with Gasteiger partial charge in [-0.2, -0.15) is 0 Å². The lowest BCUT2D eigenvalue weighted by Crippen LogP contribution is -2.34. The second kappa shape index (κ2) is 9.88. The molecule has 1 N–H and O–H groups in total. The Kier molecular flexibility index (Phi) is 7.86. The molecular weight excluding hydrogens is 333 g/mol. The van der Waals surface area contributed by atoms with Crippen LogP contribution in [0.2, 0.25) is 0 Å². The van der Waals surface area contributed by atoms with Crippen molar-refractivity contribution >= 4 is 7.60 Å². The third-order valence-corrected chi connectivity index (χ3v) is 6.54. The Morgan fingerprint density at radius 1 is 0.920 bits per heavy atom. The molecule has 2 rings (SSSR count). The minimum Gasteiger partial charge on any atom is -0.311 e. The fourth-order valence-corrected chi connectivity index (χ4v) is 4.42. The van der Waals surface area contributed by atoms with Gasteiger partial charge in [0.2, 0.25) is 0 Å². The maximum absolute atomic E-state index is 13.0. The molecule has 1 atom stereocenters. The van der Waals surface area contributed by atoms with E-state index in [1.807, 2.05) is 36.4 Å². The first kappa shape index (κ1) is 19.9. The SMILES string of the molecule is CCCCC(NC(c1ccccc1)c1ccccc1)P(=O)(OC)OC. The van der Waals surface area contributed by atoms with Crippen molar-refractivity contribution in [2.45, 2.75) is 38.0 Å². The summed E-state index contributed by atoms with van der Waals surface area (Å²) in [5.74, 6) is -0.368. The Hall–Kier alpha value is -1.45. The van der Waals surface area contributed by atoms with Crippen LogP contribution in [0.4, 0.5) is 0 Å². The molecule has 4 nitrogen and oxygen atoms in total. The van der Waals surface area contributed by atoms with Crippen molar-refractivity contribution in [1.29, 1.82) is 0 Å². The smallest absolute Gasteiger partial charge is 0.311 e. The van der Waals surface area contributed by atoms with Gasteiger partial charge in [0.05, 0.1) is 6.04 Å². The van der Waals surface area contributed by atoms with Crippen molar-refractivity contribution in [2.75, 3.05) is 14.2 Å². The molecule has 0 saturated carbocycles. The summed E-state index contributed by atoms with van der Waals surface area (Å²) in [5.41, 5.74) is 2.24. The second-order valence-electron chi connectivity index (χ2n) is 5.98. The molecule has 2 aromatic rings. The topological polar surface area (TPSA) is 47.6 Å². The van der Waals surface area contributed by atoms with E-state index < -0.39 is 7.60 Å². The lowest BCUT2D eigenvalue weighted by molar-refractivity contribution is 0.253. The molecule has 0 aromatic heterocycles. The Balaban J connectivity index is 2.37. The van der Waals surface area contributed by atoms with Gasteiger partial charge < -0.3 is 9.05 Å². The van der Waals surface area contributed by atoms with E-state index in [1.165, 1.54) is 14.2 Å². The molecule has 0 aliphatic heterocycles. The molecule has 0 amide bonds. The van der Waals surface area contributed by atoms with Gasteiger partial charge in [-0.25, -0.2) is 0 Å². The lowest BCUT2D eigenvalue weighted by atomic mass is 9.98. The summed E-state index contributed by atoms with van der Waals surface area (Å²) in [5, 5.41) is 3.55. The van der Waals surface area contributed by atoms with E-state index in [4.69, 9.17) is 9.05 Å². The average Bonchev–Trinajstić information content (AvgIpc) is 2.69. The van der Waals surface area contributed by atoms with Crippen LogP contribution >= 0.6 is 7.60 Å². The van der Waals surface area contributed by atoms with E-state index in [9.17, 15) is 4.57 Å². The average molecular weight is 361 g/mol. The van der Waals surface area contributed by atoms with Crippen molar-refractivity contribution in [3.8, 4) is 0 Å². The summed E-state index contributed by atoms with van der Waals surface area (Å²) < 4.78 is 23.6. The molecule has 0 heterocycles. The molecule has 0 spiro atoms. The van der Waals surface area contributed by atoms with Gasteiger partial charge in [-0.05, 0) is 17.5 Å². The zero-order valence-corrected chi connectivity index (χ0v) is 16.1. The van der Waals surface area contributed by atoms with Crippen LogP contribution in [0.3, 0.4) is 0 Å². The number of benzene rings is 2. The van der Waals surface area contributed by atoms with Crippen molar-refractivity contribution in [1.82, 2.24) is 5.32 Å². The maximum atomic E-state index is 13.0. The van der Waals surface area contributed by atoms with Crippen LogP contribution < -0.4 is 5.32 Å². The monoisotopic (exact) mass is 361 g/mol. The van der Waals surface area contributed by atoms with Gasteiger partial charge in [-0.1, -0.05) is 80.4 Å². The highest BCUT2D eigenvalue weighted by molar-refractivity contribution is 7.54. The molecule has 25 heavy (non-hydrogen) atoms. The van der Waals surface area contributed by atoms with E-state index >= 15 is 0 Å². The molecule has 2 aromatic carbocycles. The van der Waals surface area contributed by atoms with E-state index in [1.54, 1.807) is 0 Å². The molecular formula is C20H28NO3P. The Morgan fingerprint density at radius 3 is 1.80 bits per heavy atom.